The van der Waals surface area contributed by atoms with E-state index in [2.05, 4.69) is 9.97 Å². The van der Waals surface area contributed by atoms with E-state index in [0.29, 0.717) is 42.2 Å². The van der Waals surface area contributed by atoms with Crippen molar-refractivity contribution in [1.82, 2.24) is 14.9 Å². The number of alkyl halides is 3. The normalized spacial score (nSPS) is 16.6. The Bertz CT molecular complexity index is 914. The number of carbonyl (C=O) groups is 1. The molecule has 0 aliphatic carbocycles. The average Bonchev–Trinajstić information content (AvgIpc) is 2.77. The lowest BCUT2D eigenvalue weighted by molar-refractivity contribution is -0.141. The fourth-order valence-electron chi connectivity index (χ4n) is 3.31. The highest BCUT2D eigenvalue weighted by Crippen LogP contribution is 2.38. The first-order valence-electron chi connectivity index (χ1n) is 9.43. The SMILES string of the molecule is COc1cc(C(=O)N2CCCC(Oc3nccc(C(F)(F)F)n3)C2)cc(OC)c1OC. The molecule has 0 N–H and O–H groups in total. The average molecular weight is 441 g/mol. The summed E-state index contributed by atoms with van der Waals surface area (Å²) in [6.45, 7) is 0.647. The monoisotopic (exact) mass is 441 g/mol. The zero-order chi connectivity index (χ0) is 22.6. The summed E-state index contributed by atoms with van der Waals surface area (Å²) < 4.78 is 59.9. The highest BCUT2D eigenvalue weighted by atomic mass is 19.4. The van der Waals surface area contributed by atoms with Gasteiger partial charge in [-0.2, -0.15) is 18.2 Å². The number of halogens is 3. The first-order valence-corrected chi connectivity index (χ1v) is 9.43. The van der Waals surface area contributed by atoms with Gasteiger partial charge < -0.3 is 23.8 Å². The van der Waals surface area contributed by atoms with Crippen molar-refractivity contribution in [3.8, 4) is 23.3 Å². The lowest BCUT2D eigenvalue weighted by Gasteiger charge is -2.32. The van der Waals surface area contributed by atoms with Crippen LogP contribution in [-0.2, 0) is 6.18 Å². The number of ether oxygens (including phenoxy) is 4. The molecule has 0 spiro atoms. The maximum atomic E-state index is 13.1. The maximum absolute atomic E-state index is 13.1. The second-order valence-corrected chi connectivity index (χ2v) is 6.77. The molecule has 1 aliphatic rings. The molecule has 1 unspecified atom stereocenters. The first kappa shape index (κ1) is 22.4. The van der Waals surface area contributed by atoms with Gasteiger partial charge in [0.2, 0.25) is 5.75 Å². The Balaban J connectivity index is 1.76. The van der Waals surface area contributed by atoms with E-state index in [-0.39, 0.29) is 18.5 Å². The molecule has 2 heterocycles. The minimum atomic E-state index is -4.60. The van der Waals surface area contributed by atoms with Crippen molar-refractivity contribution in [3.63, 3.8) is 0 Å². The Hall–Kier alpha value is -3.24. The van der Waals surface area contributed by atoms with Crippen LogP contribution in [0.5, 0.6) is 23.3 Å². The summed E-state index contributed by atoms with van der Waals surface area (Å²) >= 11 is 0. The summed E-state index contributed by atoms with van der Waals surface area (Å²) in [5, 5.41) is 0. The standard InChI is InChI=1S/C20H22F3N3O5/c1-28-14-9-12(10-15(29-2)17(14)30-3)18(27)26-8-4-5-13(11-26)31-19-24-7-6-16(25-19)20(21,22)23/h6-7,9-10,13H,4-5,8,11H2,1-3H3. The second kappa shape index (κ2) is 9.27. The molecule has 1 aliphatic heterocycles. The molecule has 168 valence electrons. The van der Waals surface area contributed by atoms with Gasteiger partial charge in [-0.05, 0) is 31.0 Å². The van der Waals surface area contributed by atoms with Crippen molar-refractivity contribution in [2.24, 2.45) is 0 Å². The molecule has 2 aromatic rings. The molecular formula is C20H22F3N3O5. The van der Waals surface area contributed by atoms with Gasteiger partial charge in [0.1, 0.15) is 6.10 Å². The van der Waals surface area contributed by atoms with Gasteiger partial charge >= 0.3 is 12.2 Å². The molecule has 1 atom stereocenters. The molecule has 11 heteroatoms. The van der Waals surface area contributed by atoms with E-state index >= 15 is 0 Å². The van der Waals surface area contributed by atoms with Crippen LogP contribution < -0.4 is 18.9 Å². The van der Waals surface area contributed by atoms with Crippen molar-refractivity contribution in [2.45, 2.75) is 25.1 Å². The van der Waals surface area contributed by atoms with Crippen LogP contribution in [0.4, 0.5) is 13.2 Å². The van der Waals surface area contributed by atoms with Crippen LogP contribution in [0.25, 0.3) is 0 Å². The van der Waals surface area contributed by atoms with E-state index in [0.717, 1.165) is 12.3 Å². The number of piperidine rings is 1. The number of hydrogen-bond acceptors (Lipinski definition) is 7. The fraction of sp³-hybridized carbons (Fsp3) is 0.450. The Morgan fingerprint density at radius 3 is 2.39 bits per heavy atom. The van der Waals surface area contributed by atoms with Crippen LogP contribution >= 0.6 is 0 Å². The highest BCUT2D eigenvalue weighted by Gasteiger charge is 2.34. The molecule has 1 amide bonds. The molecule has 8 nitrogen and oxygen atoms in total. The van der Waals surface area contributed by atoms with E-state index in [1.807, 2.05) is 0 Å². The van der Waals surface area contributed by atoms with Crippen LogP contribution in [0, 0.1) is 0 Å². The molecule has 31 heavy (non-hydrogen) atoms. The zero-order valence-corrected chi connectivity index (χ0v) is 17.2. The number of hydrogen-bond donors (Lipinski definition) is 0. The quantitative estimate of drug-likeness (QED) is 0.681. The molecule has 1 aromatic heterocycles. The fourth-order valence-corrected chi connectivity index (χ4v) is 3.31. The first-order chi connectivity index (χ1) is 14.8. The van der Waals surface area contributed by atoms with E-state index in [9.17, 15) is 18.0 Å². The lowest BCUT2D eigenvalue weighted by Crippen LogP contribution is -2.44. The Morgan fingerprint density at radius 2 is 1.81 bits per heavy atom. The summed E-state index contributed by atoms with van der Waals surface area (Å²) in [5.41, 5.74) is -0.760. The minimum absolute atomic E-state index is 0.176. The third-order valence-corrected chi connectivity index (χ3v) is 4.77. The van der Waals surface area contributed by atoms with Crippen LogP contribution in [0.1, 0.15) is 28.9 Å². The van der Waals surface area contributed by atoms with E-state index < -0.39 is 18.0 Å². The van der Waals surface area contributed by atoms with E-state index in [4.69, 9.17) is 18.9 Å². The number of methoxy groups -OCH3 is 3. The van der Waals surface area contributed by atoms with Gasteiger partial charge in [-0.3, -0.25) is 4.79 Å². The predicted octanol–water partition coefficient (Wildman–Crippen LogP) is 3.20. The topological polar surface area (TPSA) is 83.0 Å². The van der Waals surface area contributed by atoms with Gasteiger partial charge in [-0.1, -0.05) is 0 Å². The molecule has 0 radical (unpaired) electrons. The second-order valence-electron chi connectivity index (χ2n) is 6.77. The number of nitrogens with zero attached hydrogens (tertiary/aromatic N) is 3. The molecule has 1 saturated heterocycles. The van der Waals surface area contributed by atoms with E-state index in [1.165, 1.54) is 21.3 Å². The number of carbonyl (C=O) groups excluding carboxylic acids is 1. The van der Waals surface area contributed by atoms with Crippen LogP contribution in [0.2, 0.25) is 0 Å². The van der Waals surface area contributed by atoms with Crippen molar-refractivity contribution in [3.05, 3.63) is 35.7 Å². The van der Waals surface area contributed by atoms with Gasteiger partial charge in [0.05, 0.1) is 27.9 Å². The number of rotatable bonds is 6. The van der Waals surface area contributed by atoms with Gasteiger partial charge in [-0.15, -0.1) is 0 Å². The van der Waals surface area contributed by atoms with Gasteiger partial charge in [0.15, 0.2) is 17.2 Å². The summed E-state index contributed by atoms with van der Waals surface area (Å²) in [5.74, 6) is 0.750. The van der Waals surface area contributed by atoms with Gasteiger partial charge in [0, 0.05) is 18.3 Å². The van der Waals surface area contributed by atoms with Crippen LogP contribution in [0.15, 0.2) is 24.4 Å². The molecule has 0 saturated carbocycles. The molecule has 0 bridgehead atoms. The zero-order valence-electron chi connectivity index (χ0n) is 17.2. The largest absolute Gasteiger partial charge is 0.493 e. The number of likely N-dealkylation sites (tertiary alicyclic amines) is 1. The summed E-state index contributed by atoms with van der Waals surface area (Å²) in [4.78, 5) is 21.8. The third kappa shape index (κ3) is 5.09. The van der Waals surface area contributed by atoms with Gasteiger partial charge in [0.25, 0.3) is 5.91 Å². The predicted molar refractivity (Wildman–Crippen MR) is 103 cm³/mol. The lowest BCUT2D eigenvalue weighted by atomic mass is 10.1. The number of aromatic nitrogens is 2. The van der Waals surface area contributed by atoms with Crippen molar-refractivity contribution >= 4 is 5.91 Å². The van der Waals surface area contributed by atoms with E-state index in [1.54, 1.807) is 17.0 Å². The minimum Gasteiger partial charge on any atom is -0.493 e. The van der Waals surface area contributed by atoms with Crippen LogP contribution in [0.3, 0.4) is 0 Å². The van der Waals surface area contributed by atoms with Crippen molar-refractivity contribution < 1.29 is 36.9 Å². The highest BCUT2D eigenvalue weighted by molar-refractivity contribution is 5.95. The Kier molecular flexibility index (Phi) is 6.71. The Labute approximate surface area is 176 Å². The van der Waals surface area contributed by atoms with Crippen LogP contribution in [-0.4, -0.2) is 61.3 Å². The van der Waals surface area contributed by atoms with Crippen molar-refractivity contribution in [2.75, 3.05) is 34.4 Å². The molecule has 3 rings (SSSR count). The molecule has 1 fully saturated rings. The number of amides is 1. The summed E-state index contributed by atoms with van der Waals surface area (Å²) in [6, 6.07) is 3.49. The maximum Gasteiger partial charge on any atom is 0.433 e. The number of benzene rings is 1. The summed E-state index contributed by atoms with van der Waals surface area (Å²) in [6.07, 6.45) is -2.98. The molecule has 1 aromatic carbocycles. The smallest absolute Gasteiger partial charge is 0.433 e. The van der Waals surface area contributed by atoms with Gasteiger partial charge in [-0.25, -0.2) is 4.98 Å². The molecular weight excluding hydrogens is 419 g/mol. The third-order valence-electron chi connectivity index (χ3n) is 4.77. The Morgan fingerprint density at radius 1 is 1.13 bits per heavy atom. The summed E-state index contributed by atoms with van der Waals surface area (Å²) in [7, 11) is 4.36. The van der Waals surface area contributed by atoms with Crippen molar-refractivity contribution in [1.29, 1.82) is 0 Å².